The second-order valence-electron chi connectivity index (χ2n) is 7.76. The maximum Gasteiger partial charge on any atom is 0.252 e. The van der Waals surface area contributed by atoms with Gasteiger partial charge in [-0.05, 0) is 31.5 Å². The highest BCUT2D eigenvalue weighted by Gasteiger charge is 2.22. The molecule has 1 amide bonds. The van der Waals surface area contributed by atoms with Gasteiger partial charge >= 0.3 is 0 Å². The number of anilines is 1. The van der Waals surface area contributed by atoms with Gasteiger partial charge in [0.25, 0.3) is 5.95 Å². The first-order valence-corrected chi connectivity index (χ1v) is 10.2. The van der Waals surface area contributed by atoms with E-state index in [1.165, 1.54) is 12.1 Å². The molecule has 7 nitrogen and oxygen atoms in total. The predicted octanol–water partition coefficient (Wildman–Crippen LogP) is 2.82. The van der Waals surface area contributed by atoms with E-state index < -0.39 is 11.6 Å². The minimum atomic E-state index is -0.615. The van der Waals surface area contributed by atoms with Crippen molar-refractivity contribution >= 4 is 11.7 Å². The predicted molar refractivity (Wildman–Crippen MR) is 112 cm³/mol. The van der Waals surface area contributed by atoms with Crippen LogP contribution in [0.15, 0.2) is 30.3 Å². The highest BCUT2D eigenvalue weighted by molar-refractivity contribution is 5.73. The van der Waals surface area contributed by atoms with Gasteiger partial charge in [-0.3, -0.25) is 4.79 Å². The highest BCUT2D eigenvalue weighted by atomic mass is 19.1. The van der Waals surface area contributed by atoms with E-state index >= 15 is 0 Å². The molecule has 1 aliphatic rings. The van der Waals surface area contributed by atoms with Crippen LogP contribution in [0.25, 0.3) is 5.95 Å². The van der Waals surface area contributed by atoms with Gasteiger partial charge < -0.3 is 9.80 Å². The molecule has 1 aliphatic heterocycles. The summed E-state index contributed by atoms with van der Waals surface area (Å²) < 4.78 is 29.2. The lowest BCUT2D eigenvalue weighted by Crippen LogP contribution is -2.48. The number of benzene rings is 1. The van der Waals surface area contributed by atoms with Crippen molar-refractivity contribution in [3.05, 3.63) is 64.6 Å². The van der Waals surface area contributed by atoms with Gasteiger partial charge in [0, 0.05) is 57.4 Å². The molecule has 1 aromatic carbocycles. The Bertz CT molecular complexity index is 1120. The van der Waals surface area contributed by atoms with Crippen molar-refractivity contribution in [2.75, 3.05) is 31.1 Å². The van der Waals surface area contributed by atoms with Crippen molar-refractivity contribution in [1.29, 1.82) is 0 Å². The molecule has 3 heterocycles. The van der Waals surface area contributed by atoms with Gasteiger partial charge in [-0.1, -0.05) is 6.07 Å². The Labute approximate surface area is 179 Å². The fraction of sp³-hybridized carbons (Fsp3) is 0.364. The summed E-state index contributed by atoms with van der Waals surface area (Å²) in [7, 11) is 0. The number of carbonyl (C=O) groups is 1. The first-order valence-electron chi connectivity index (χ1n) is 10.2. The van der Waals surface area contributed by atoms with Gasteiger partial charge in [-0.25, -0.2) is 18.4 Å². The smallest absolute Gasteiger partial charge is 0.252 e. The summed E-state index contributed by atoms with van der Waals surface area (Å²) in [5, 5.41) is 4.48. The van der Waals surface area contributed by atoms with E-state index in [0.717, 1.165) is 17.5 Å². The second kappa shape index (κ2) is 8.41. The molecule has 1 saturated heterocycles. The average Bonchev–Trinajstić information content (AvgIpc) is 3.08. The number of halogens is 2. The summed E-state index contributed by atoms with van der Waals surface area (Å²) in [4.78, 5) is 24.8. The average molecular weight is 426 g/mol. The summed E-state index contributed by atoms with van der Waals surface area (Å²) in [6, 6.07) is 7.30. The van der Waals surface area contributed by atoms with Gasteiger partial charge in [0.1, 0.15) is 17.5 Å². The first-order chi connectivity index (χ1) is 14.8. The van der Waals surface area contributed by atoms with Crippen LogP contribution in [-0.4, -0.2) is 56.7 Å². The number of aromatic nitrogens is 4. The molecule has 1 fully saturated rings. The third kappa shape index (κ3) is 4.55. The molecule has 3 aromatic rings. The van der Waals surface area contributed by atoms with Gasteiger partial charge in [0.05, 0.1) is 11.4 Å². The van der Waals surface area contributed by atoms with Crippen molar-refractivity contribution in [3.63, 3.8) is 0 Å². The highest BCUT2D eigenvalue weighted by Crippen LogP contribution is 2.21. The largest absolute Gasteiger partial charge is 0.353 e. The monoisotopic (exact) mass is 426 g/mol. The van der Waals surface area contributed by atoms with Crippen LogP contribution >= 0.6 is 0 Å². The molecule has 4 rings (SSSR count). The van der Waals surface area contributed by atoms with Crippen molar-refractivity contribution in [3.8, 4) is 5.95 Å². The molecule has 0 bridgehead atoms. The Balaban J connectivity index is 1.70. The number of hydrogen-bond acceptors (Lipinski definition) is 5. The van der Waals surface area contributed by atoms with Crippen LogP contribution in [0.5, 0.6) is 0 Å². The molecule has 0 atom stereocenters. The summed E-state index contributed by atoms with van der Waals surface area (Å²) in [6.45, 7) is 7.86. The number of nitrogens with zero attached hydrogens (tertiary/aromatic N) is 6. The molecule has 0 radical (unpaired) electrons. The Kier molecular flexibility index (Phi) is 5.67. The molecular formula is C22H24F2N6O. The zero-order chi connectivity index (χ0) is 22.1. The van der Waals surface area contributed by atoms with E-state index in [-0.39, 0.29) is 12.3 Å². The lowest BCUT2D eigenvalue weighted by molar-refractivity contribution is -0.129. The molecule has 2 aromatic heterocycles. The number of rotatable bonds is 4. The third-order valence-electron chi connectivity index (χ3n) is 5.39. The fourth-order valence-corrected chi connectivity index (χ4v) is 3.76. The number of carbonyl (C=O) groups excluding carboxylic acids is 1. The van der Waals surface area contributed by atoms with Crippen LogP contribution < -0.4 is 4.90 Å². The Hall–Kier alpha value is -3.36. The van der Waals surface area contributed by atoms with E-state index in [2.05, 4.69) is 15.0 Å². The summed E-state index contributed by atoms with van der Waals surface area (Å²) in [5.41, 5.74) is 2.68. The van der Waals surface area contributed by atoms with E-state index in [0.29, 0.717) is 49.2 Å². The summed E-state index contributed by atoms with van der Waals surface area (Å²) in [5.74, 6) is -0.0785. The SMILES string of the molecule is CC(=O)N1CCN(c2cc(Cc3ccc(F)cc3F)nc(-n3nc(C)cc3C)n2)CC1. The van der Waals surface area contributed by atoms with Gasteiger partial charge in [-0.15, -0.1) is 0 Å². The van der Waals surface area contributed by atoms with Crippen molar-refractivity contribution in [1.82, 2.24) is 24.6 Å². The lowest BCUT2D eigenvalue weighted by Gasteiger charge is -2.35. The third-order valence-corrected chi connectivity index (χ3v) is 5.39. The van der Waals surface area contributed by atoms with Gasteiger partial charge in [0.2, 0.25) is 5.91 Å². The Morgan fingerprint density at radius 1 is 1.03 bits per heavy atom. The quantitative estimate of drug-likeness (QED) is 0.642. The van der Waals surface area contributed by atoms with Crippen molar-refractivity contribution < 1.29 is 13.6 Å². The van der Waals surface area contributed by atoms with Crippen molar-refractivity contribution in [2.24, 2.45) is 0 Å². The fourth-order valence-electron chi connectivity index (χ4n) is 3.76. The second-order valence-corrected chi connectivity index (χ2v) is 7.76. The van der Waals surface area contributed by atoms with Crippen LogP contribution in [0.3, 0.4) is 0 Å². The molecule has 0 aliphatic carbocycles. The zero-order valence-electron chi connectivity index (χ0n) is 17.8. The van der Waals surface area contributed by atoms with Crippen LogP contribution in [-0.2, 0) is 11.2 Å². The van der Waals surface area contributed by atoms with Crippen LogP contribution in [0.1, 0.15) is 29.6 Å². The normalized spacial score (nSPS) is 14.2. The Morgan fingerprint density at radius 3 is 2.39 bits per heavy atom. The van der Waals surface area contributed by atoms with Crippen molar-refractivity contribution in [2.45, 2.75) is 27.2 Å². The van der Waals surface area contributed by atoms with E-state index in [4.69, 9.17) is 4.98 Å². The number of piperazine rings is 1. The summed E-state index contributed by atoms with van der Waals surface area (Å²) >= 11 is 0. The maximum atomic E-state index is 14.3. The number of aryl methyl sites for hydroxylation is 2. The molecule has 0 spiro atoms. The van der Waals surface area contributed by atoms with Crippen LogP contribution in [0.4, 0.5) is 14.6 Å². The minimum absolute atomic E-state index is 0.0538. The molecule has 9 heteroatoms. The van der Waals surface area contributed by atoms with Gasteiger partial charge in [-0.2, -0.15) is 10.1 Å². The topological polar surface area (TPSA) is 67.2 Å². The standard InChI is InChI=1S/C22H24F2N6O/c1-14-10-15(2)30(27-14)22-25-19(11-17-4-5-18(23)12-20(17)24)13-21(26-22)29-8-6-28(7-9-29)16(3)31/h4-5,10,12-13H,6-9,11H2,1-3H3. The van der Waals surface area contributed by atoms with Crippen LogP contribution in [0, 0.1) is 25.5 Å². The minimum Gasteiger partial charge on any atom is -0.353 e. The number of amides is 1. The molecule has 162 valence electrons. The molecule has 0 saturated carbocycles. The van der Waals surface area contributed by atoms with Crippen LogP contribution in [0.2, 0.25) is 0 Å². The van der Waals surface area contributed by atoms with E-state index in [9.17, 15) is 13.6 Å². The first kappa shape index (κ1) is 20.9. The zero-order valence-corrected chi connectivity index (χ0v) is 17.8. The Morgan fingerprint density at radius 2 is 1.77 bits per heavy atom. The molecular weight excluding hydrogens is 402 g/mol. The maximum absolute atomic E-state index is 14.3. The molecule has 0 N–H and O–H groups in total. The van der Waals surface area contributed by atoms with Gasteiger partial charge in [0.15, 0.2) is 0 Å². The van der Waals surface area contributed by atoms with E-state index in [1.807, 2.05) is 26.0 Å². The lowest BCUT2D eigenvalue weighted by atomic mass is 10.1. The summed E-state index contributed by atoms with van der Waals surface area (Å²) in [6.07, 6.45) is 0.196. The number of hydrogen-bond donors (Lipinski definition) is 0. The molecule has 0 unspecified atom stereocenters. The molecule has 31 heavy (non-hydrogen) atoms. The van der Waals surface area contributed by atoms with E-state index in [1.54, 1.807) is 16.5 Å².